The van der Waals surface area contributed by atoms with E-state index in [1.165, 1.54) is 6.33 Å². The maximum atomic E-state index is 4.98. The highest BCUT2D eigenvalue weighted by Crippen LogP contribution is 2.12. The Hall–Kier alpha value is -0.940. The van der Waals surface area contributed by atoms with Gasteiger partial charge in [-0.1, -0.05) is 0 Å². The van der Waals surface area contributed by atoms with Crippen LogP contribution < -0.4 is 5.32 Å². The molecule has 0 saturated heterocycles. The minimum absolute atomic E-state index is 0.248. The number of nitrogens with zero attached hydrogens (tertiary/aromatic N) is 2. The molecule has 1 aromatic heterocycles. The molecule has 13 heavy (non-hydrogen) atoms. The van der Waals surface area contributed by atoms with Crippen LogP contribution in [0.2, 0.25) is 0 Å². The second-order valence-corrected chi connectivity index (χ2v) is 2.85. The fraction of sp³-hybridized carbons (Fsp3) is 0.750. The van der Waals surface area contributed by atoms with Crippen LogP contribution >= 0.6 is 0 Å². The number of rotatable bonds is 6. The van der Waals surface area contributed by atoms with Crippen molar-refractivity contribution < 1.29 is 4.74 Å². The first-order chi connectivity index (χ1) is 6.38. The van der Waals surface area contributed by atoms with E-state index < -0.39 is 0 Å². The molecule has 1 heterocycles. The van der Waals surface area contributed by atoms with Gasteiger partial charge in [0.15, 0.2) is 0 Å². The van der Waals surface area contributed by atoms with Gasteiger partial charge in [0.05, 0.1) is 6.04 Å². The highest BCUT2D eigenvalue weighted by Gasteiger charge is 2.10. The fourth-order valence-corrected chi connectivity index (χ4v) is 1.23. The highest BCUT2D eigenvalue weighted by atomic mass is 16.5. The van der Waals surface area contributed by atoms with Gasteiger partial charge in [-0.3, -0.25) is 5.10 Å². The first-order valence-electron chi connectivity index (χ1n) is 4.40. The Kier molecular flexibility index (Phi) is 4.42. The van der Waals surface area contributed by atoms with Gasteiger partial charge in [0.1, 0.15) is 12.2 Å². The van der Waals surface area contributed by atoms with Crippen LogP contribution in [-0.4, -0.2) is 35.9 Å². The van der Waals surface area contributed by atoms with E-state index in [-0.39, 0.29) is 6.04 Å². The van der Waals surface area contributed by atoms with Crippen LogP contribution in [0.3, 0.4) is 0 Å². The number of H-pyrrole nitrogens is 1. The molecule has 0 aliphatic heterocycles. The van der Waals surface area contributed by atoms with Crippen LogP contribution in [0.25, 0.3) is 0 Å². The molecule has 0 saturated carbocycles. The lowest BCUT2D eigenvalue weighted by molar-refractivity contribution is 0.189. The molecule has 0 radical (unpaired) electrons. The lowest BCUT2D eigenvalue weighted by atomic mass is 10.1. The van der Waals surface area contributed by atoms with Crippen LogP contribution in [0.5, 0.6) is 0 Å². The Balaban J connectivity index is 2.35. The standard InChI is InChI=1S/C8H16N4O/c1-9-7(4-3-5-13-2)8-10-6-11-12-8/h6-7,9H,3-5H2,1-2H3,(H,10,11,12). The average molecular weight is 184 g/mol. The third kappa shape index (κ3) is 3.12. The van der Waals surface area contributed by atoms with Gasteiger partial charge in [-0.25, -0.2) is 4.98 Å². The Morgan fingerprint density at radius 1 is 1.69 bits per heavy atom. The number of aromatic amines is 1. The molecule has 0 amide bonds. The van der Waals surface area contributed by atoms with E-state index in [2.05, 4.69) is 20.5 Å². The Morgan fingerprint density at radius 3 is 3.08 bits per heavy atom. The summed E-state index contributed by atoms with van der Waals surface area (Å²) in [5.74, 6) is 0.888. The molecule has 2 N–H and O–H groups in total. The van der Waals surface area contributed by atoms with E-state index in [1.54, 1.807) is 7.11 Å². The molecule has 1 rings (SSSR count). The smallest absolute Gasteiger partial charge is 0.141 e. The summed E-state index contributed by atoms with van der Waals surface area (Å²) in [6, 6.07) is 0.248. The number of ether oxygens (including phenoxy) is 1. The highest BCUT2D eigenvalue weighted by molar-refractivity contribution is 4.90. The van der Waals surface area contributed by atoms with E-state index in [0.29, 0.717) is 0 Å². The first kappa shape index (κ1) is 10.1. The zero-order valence-corrected chi connectivity index (χ0v) is 8.08. The monoisotopic (exact) mass is 184 g/mol. The Morgan fingerprint density at radius 2 is 2.54 bits per heavy atom. The fourth-order valence-electron chi connectivity index (χ4n) is 1.23. The molecule has 0 spiro atoms. The first-order valence-corrected chi connectivity index (χ1v) is 4.40. The van der Waals surface area contributed by atoms with Gasteiger partial charge in [-0.05, 0) is 19.9 Å². The third-order valence-electron chi connectivity index (χ3n) is 1.95. The summed E-state index contributed by atoms with van der Waals surface area (Å²) in [6.45, 7) is 0.784. The van der Waals surface area contributed by atoms with Crippen molar-refractivity contribution in [2.24, 2.45) is 0 Å². The quantitative estimate of drug-likeness (QED) is 0.632. The van der Waals surface area contributed by atoms with Crippen molar-refractivity contribution in [3.63, 3.8) is 0 Å². The van der Waals surface area contributed by atoms with Crippen LogP contribution in [0.15, 0.2) is 6.33 Å². The molecule has 0 aliphatic carbocycles. The number of nitrogens with one attached hydrogen (secondary N) is 2. The molecule has 0 bridgehead atoms. The van der Waals surface area contributed by atoms with E-state index in [9.17, 15) is 0 Å². The predicted octanol–water partition coefficient (Wildman–Crippen LogP) is 0.492. The zero-order valence-electron chi connectivity index (χ0n) is 8.08. The molecule has 0 aliphatic rings. The van der Waals surface area contributed by atoms with E-state index >= 15 is 0 Å². The van der Waals surface area contributed by atoms with Gasteiger partial charge in [-0.15, -0.1) is 0 Å². The Bertz CT molecular complexity index is 212. The number of hydrogen-bond acceptors (Lipinski definition) is 4. The predicted molar refractivity (Wildman–Crippen MR) is 49.3 cm³/mol. The minimum atomic E-state index is 0.248. The maximum Gasteiger partial charge on any atom is 0.141 e. The summed E-state index contributed by atoms with van der Waals surface area (Å²) in [4.78, 5) is 4.10. The van der Waals surface area contributed by atoms with Gasteiger partial charge in [-0.2, -0.15) is 5.10 Å². The molecule has 0 aromatic carbocycles. The molecule has 1 aromatic rings. The zero-order chi connectivity index (χ0) is 9.52. The largest absolute Gasteiger partial charge is 0.385 e. The summed E-state index contributed by atoms with van der Waals surface area (Å²) in [5.41, 5.74) is 0. The van der Waals surface area contributed by atoms with Crippen molar-refractivity contribution in [3.05, 3.63) is 12.2 Å². The molecular formula is C8H16N4O. The van der Waals surface area contributed by atoms with Crippen LogP contribution in [0, 0.1) is 0 Å². The van der Waals surface area contributed by atoms with Gasteiger partial charge >= 0.3 is 0 Å². The topological polar surface area (TPSA) is 62.8 Å². The van der Waals surface area contributed by atoms with Crippen molar-refractivity contribution in [2.75, 3.05) is 20.8 Å². The summed E-state index contributed by atoms with van der Waals surface area (Å²) in [6.07, 6.45) is 3.54. The maximum absolute atomic E-state index is 4.98. The van der Waals surface area contributed by atoms with Crippen molar-refractivity contribution in [3.8, 4) is 0 Å². The summed E-state index contributed by atoms with van der Waals surface area (Å²) in [7, 11) is 3.63. The van der Waals surface area contributed by atoms with E-state index in [0.717, 1.165) is 25.3 Å². The van der Waals surface area contributed by atoms with Crippen LogP contribution in [-0.2, 0) is 4.74 Å². The molecule has 0 fully saturated rings. The van der Waals surface area contributed by atoms with Crippen molar-refractivity contribution in [1.29, 1.82) is 0 Å². The van der Waals surface area contributed by atoms with Crippen LogP contribution in [0.4, 0.5) is 0 Å². The van der Waals surface area contributed by atoms with Gasteiger partial charge in [0.2, 0.25) is 0 Å². The van der Waals surface area contributed by atoms with Crippen molar-refractivity contribution in [2.45, 2.75) is 18.9 Å². The van der Waals surface area contributed by atoms with E-state index in [1.807, 2.05) is 7.05 Å². The number of aromatic nitrogens is 3. The molecular weight excluding hydrogens is 168 g/mol. The SMILES string of the molecule is CNC(CCCOC)c1ncn[nH]1. The normalized spacial score (nSPS) is 13.1. The summed E-state index contributed by atoms with van der Waals surface area (Å²) >= 11 is 0. The average Bonchev–Trinajstić information content (AvgIpc) is 2.65. The second kappa shape index (κ2) is 5.66. The minimum Gasteiger partial charge on any atom is -0.385 e. The van der Waals surface area contributed by atoms with Gasteiger partial charge < -0.3 is 10.1 Å². The second-order valence-electron chi connectivity index (χ2n) is 2.85. The van der Waals surface area contributed by atoms with Crippen molar-refractivity contribution in [1.82, 2.24) is 20.5 Å². The lowest BCUT2D eigenvalue weighted by Crippen LogP contribution is -2.18. The van der Waals surface area contributed by atoms with Gasteiger partial charge in [0, 0.05) is 13.7 Å². The molecule has 74 valence electrons. The molecule has 5 nitrogen and oxygen atoms in total. The third-order valence-corrected chi connectivity index (χ3v) is 1.95. The summed E-state index contributed by atoms with van der Waals surface area (Å²) in [5, 5.41) is 9.84. The number of hydrogen-bond donors (Lipinski definition) is 2. The molecule has 1 unspecified atom stereocenters. The summed E-state index contributed by atoms with van der Waals surface area (Å²) < 4.78 is 4.98. The number of methoxy groups -OCH3 is 1. The Labute approximate surface area is 77.9 Å². The van der Waals surface area contributed by atoms with E-state index in [4.69, 9.17) is 4.74 Å². The van der Waals surface area contributed by atoms with Crippen LogP contribution in [0.1, 0.15) is 24.7 Å². The molecule has 1 atom stereocenters. The lowest BCUT2D eigenvalue weighted by Gasteiger charge is -2.11. The molecule has 5 heteroatoms. The van der Waals surface area contributed by atoms with Crippen molar-refractivity contribution >= 4 is 0 Å². The van der Waals surface area contributed by atoms with Gasteiger partial charge in [0.25, 0.3) is 0 Å².